The SMILES string of the molecule is O=C(N/N=C\C=C\c1ccccc1)c1ccc(OCc2ccc(Cl)cc2)cc1. The van der Waals surface area contributed by atoms with Gasteiger partial charge in [0.15, 0.2) is 0 Å². The molecule has 0 spiro atoms. The first-order valence-corrected chi connectivity index (χ1v) is 9.11. The van der Waals surface area contributed by atoms with Crippen LogP contribution >= 0.6 is 11.6 Å². The van der Waals surface area contributed by atoms with E-state index in [9.17, 15) is 4.79 Å². The molecule has 0 heterocycles. The molecule has 4 nitrogen and oxygen atoms in total. The zero-order valence-corrected chi connectivity index (χ0v) is 15.8. The fourth-order valence-corrected chi connectivity index (χ4v) is 2.50. The summed E-state index contributed by atoms with van der Waals surface area (Å²) in [6.07, 6.45) is 5.21. The summed E-state index contributed by atoms with van der Waals surface area (Å²) < 4.78 is 5.71. The number of nitrogens with one attached hydrogen (secondary N) is 1. The van der Waals surface area contributed by atoms with Gasteiger partial charge in [-0.25, -0.2) is 5.43 Å². The second-order valence-electron chi connectivity index (χ2n) is 5.93. The molecule has 1 amide bonds. The molecule has 3 rings (SSSR count). The minimum absolute atomic E-state index is 0.284. The maximum absolute atomic E-state index is 12.1. The number of carbonyl (C=O) groups excluding carboxylic acids is 1. The summed E-state index contributed by atoms with van der Waals surface area (Å²) in [5.41, 5.74) is 5.08. The predicted molar refractivity (Wildman–Crippen MR) is 114 cm³/mol. The number of allylic oxidation sites excluding steroid dienone is 1. The van der Waals surface area contributed by atoms with Gasteiger partial charge < -0.3 is 4.74 Å². The van der Waals surface area contributed by atoms with Gasteiger partial charge in [0.25, 0.3) is 5.91 Å². The van der Waals surface area contributed by atoms with Crippen LogP contribution in [0.25, 0.3) is 6.08 Å². The Morgan fingerprint density at radius 1 is 0.964 bits per heavy atom. The fourth-order valence-electron chi connectivity index (χ4n) is 2.37. The topological polar surface area (TPSA) is 50.7 Å². The van der Waals surface area contributed by atoms with Crippen molar-refractivity contribution in [2.75, 3.05) is 0 Å². The molecule has 0 saturated carbocycles. The standard InChI is InChI=1S/C23H19ClN2O2/c24-21-12-8-19(9-13-21)17-28-22-14-10-20(11-15-22)23(27)26-25-16-4-7-18-5-2-1-3-6-18/h1-16H,17H2,(H,26,27)/b7-4+,25-16-. The molecule has 0 bridgehead atoms. The van der Waals surface area contributed by atoms with Crippen molar-refractivity contribution in [3.8, 4) is 5.75 Å². The molecular formula is C23H19ClN2O2. The summed E-state index contributed by atoms with van der Waals surface area (Å²) in [4.78, 5) is 12.1. The molecule has 0 aliphatic carbocycles. The number of amides is 1. The first-order chi connectivity index (χ1) is 13.7. The Kier molecular flexibility index (Phi) is 6.99. The number of hydrazone groups is 1. The van der Waals surface area contributed by atoms with E-state index in [2.05, 4.69) is 10.5 Å². The van der Waals surface area contributed by atoms with Gasteiger partial charge in [0.05, 0.1) is 0 Å². The number of carbonyl (C=O) groups is 1. The smallest absolute Gasteiger partial charge is 0.271 e. The van der Waals surface area contributed by atoms with Crippen molar-refractivity contribution in [1.82, 2.24) is 5.43 Å². The highest BCUT2D eigenvalue weighted by molar-refractivity contribution is 6.30. The maximum atomic E-state index is 12.1. The van der Waals surface area contributed by atoms with E-state index in [1.54, 1.807) is 30.3 Å². The largest absolute Gasteiger partial charge is 0.489 e. The quantitative estimate of drug-likeness (QED) is 0.436. The van der Waals surface area contributed by atoms with Crippen LogP contribution in [0.4, 0.5) is 0 Å². The Morgan fingerprint density at radius 3 is 2.39 bits per heavy atom. The van der Waals surface area contributed by atoms with E-state index in [0.29, 0.717) is 22.9 Å². The molecule has 5 heteroatoms. The zero-order valence-electron chi connectivity index (χ0n) is 15.1. The van der Waals surface area contributed by atoms with Gasteiger partial charge in [0.2, 0.25) is 0 Å². The monoisotopic (exact) mass is 390 g/mol. The molecule has 28 heavy (non-hydrogen) atoms. The minimum atomic E-state index is -0.284. The lowest BCUT2D eigenvalue weighted by molar-refractivity contribution is 0.0955. The molecule has 0 radical (unpaired) electrons. The third kappa shape index (κ3) is 6.11. The second-order valence-corrected chi connectivity index (χ2v) is 6.36. The lowest BCUT2D eigenvalue weighted by atomic mass is 10.2. The fraction of sp³-hybridized carbons (Fsp3) is 0.0435. The molecule has 0 saturated heterocycles. The Hall–Kier alpha value is -3.37. The lowest BCUT2D eigenvalue weighted by Gasteiger charge is -2.07. The van der Waals surface area contributed by atoms with E-state index in [1.807, 2.05) is 60.7 Å². The van der Waals surface area contributed by atoms with E-state index in [4.69, 9.17) is 16.3 Å². The normalized spacial score (nSPS) is 11.0. The number of benzene rings is 3. The molecule has 140 valence electrons. The number of rotatable bonds is 7. The number of nitrogens with zero attached hydrogens (tertiary/aromatic N) is 1. The van der Waals surface area contributed by atoms with Crippen molar-refractivity contribution in [3.05, 3.63) is 107 Å². The van der Waals surface area contributed by atoms with Crippen molar-refractivity contribution < 1.29 is 9.53 Å². The van der Waals surface area contributed by atoms with E-state index in [1.165, 1.54) is 6.21 Å². The third-order valence-corrected chi connectivity index (χ3v) is 4.10. The highest BCUT2D eigenvalue weighted by atomic mass is 35.5. The van der Waals surface area contributed by atoms with Gasteiger partial charge in [0.1, 0.15) is 12.4 Å². The molecule has 0 aromatic heterocycles. The van der Waals surface area contributed by atoms with Crippen LogP contribution in [-0.2, 0) is 6.61 Å². The minimum Gasteiger partial charge on any atom is -0.489 e. The highest BCUT2D eigenvalue weighted by Gasteiger charge is 2.04. The summed E-state index contributed by atoms with van der Waals surface area (Å²) >= 11 is 5.87. The molecule has 0 aliphatic rings. The first kappa shape index (κ1) is 19.4. The van der Waals surface area contributed by atoms with E-state index >= 15 is 0 Å². The average Bonchev–Trinajstić information content (AvgIpc) is 2.74. The van der Waals surface area contributed by atoms with Crippen LogP contribution < -0.4 is 10.2 Å². The van der Waals surface area contributed by atoms with E-state index in [0.717, 1.165) is 11.1 Å². The summed E-state index contributed by atoms with van der Waals surface area (Å²) in [6, 6.07) is 24.2. The van der Waals surface area contributed by atoms with Gasteiger partial charge in [-0.15, -0.1) is 0 Å². The Balaban J connectivity index is 1.47. The van der Waals surface area contributed by atoms with Gasteiger partial charge in [-0.05, 0) is 53.6 Å². The van der Waals surface area contributed by atoms with Crippen LogP contribution in [0.5, 0.6) is 5.75 Å². The van der Waals surface area contributed by atoms with E-state index < -0.39 is 0 Å². The van der Waals surface area contributed by atoms with Crippen LogP contribution in [0, 0.1) is 0 Å². The molecule has 0 atom stereocenters. The summed E-state index contributed by atoms with van der Waals surface area (Å²) in [6.45, 7) is 0.431. The third-order valence-electron chi connectivity index (χ3n) is 3.85. The van der Waals surface area contributed by atoms with Crippen LogP contribution in [0.1, 0.15) is 21.5 Å². The van der Waals surface area contributed by atoms with Gasteiger partial charge in [-0.3, -0.25) is 4.79 Å². The number of ether oxygens (including phenoxy) is 1. The molecule has 3 aromatic carbocycles. The Morgan fingerprint density at radius 2 is 1.68 bits per heavy atom. The molecule has 0 unspecified atom stereocenters. The van der Waals surface area contributed by atoms with Gasteiger partial charge in [0, 0.05) is 16.8 Å². The molecular weight excluding hydrogens is 372 g/mol. The van der Waals surface area contributed by atoms with Crippen molar-refractivity contribution in [1.29, 1.82) is 0 Å². The second kappa shape index (κ2) is 10.1. The maximum Gasteiger partial charge on any atom is 0.271 e. The molecule has 0 aliphatic heterocycles. The number of hydrogen-bond donors (Lipinski definition) is 1. The van der Waals surface area contributed by atoms with Crippen LogP contribution in [-0.4, -0.2) is 12.1 Å². The van der Waals surface area contributed by atoms with E-state index in [-0.39, 0.29) is 5.91 Å². The van der Waals surface area contributed by atoms with Crippen LogP contribution in [0.15, 0.2) is 90.0 Å². The summed E-state index contributed by atoms with van der Waals surface area (Å²) in [5.74, 6) is 0.398. The predicted octanol–water partition coefficient (Wildman–Crippen LogP) is 5.35. The van der Waals surface area contributed by atoms with Gasteiger partial charge >= 0.3 is 0 Å². The van der Waals surface area contributed by atoms with Gasteiger partial charge in [-0.1, -0.05) is 60.1 Å². The van der Waals surface area contributed by atoms with Crippen molar-refractivity contribution in [3.63, 3.8) is 0 Å². The number of halogens is 1. The van der Waals surface area contributed by atoms with Crippen molar-refractivity contribution >= 4 is 29.8 Å². The van der Waals surface area contributed by atoms with Crippen LogP contribution in [0.2, 0.25) is 5.02 Å². The summed E-state index contributed by atoms with van der Waals surface area (Å²) in [7, 11) is 0. The molecule has 3 aromatic rings. The van der Waals surface area contributed by atoms with Crippen molar-refractivity contribution in [2.24, 2.45) is 5.10 Å². The van der Waals surface area contributed by atoms with Crippen molar-refractivity contribution in [2.45, 2.75) is 6.61 Å². The Bertz CT molecular complexity index is 950. The number of hydrogen-bond acceptors (Lipinski definition) is 3. The van der Waals surface area contributed by atoms with Gasteiger partial charge in [-0.2, -0.15) is 5.10 Å². The summed E-state index contributed by atoms with van der Waals surface area (Å²) in [5, 5.41) is 4.61. The average molecular weight is 391 g/mol. The Labute approximate surface area is 169 Å². The zero-order chi connectivity index (χ0) is 19.6. The van der Waals surface area contributed by atoms with Crippen LogP contribution in [0.3, 0.4) is 0 Å². The molecule has 1 N–H and O–H groups in total. The molecule has 0 fully saturated rings. The lowest BCUT2D eigenvalue weighted by Crippen LogP contribution is -2.17. The highest BCUT2D eigenvalue weighted by Crippen LogP contribution is 2.15. The first-order valence-electron chi connectivity index (χ1n) is 8.73.